The summed E-state index contributed by atoms with van der Waals surface area (Å²) in [5.41, 5.74) is -0.179. The minimum absolute atomic E-state index is 0.0325. The number of aryl methyl sites for hydroxylation is 1. The first kappa shape index (κ1) is 53.0. The summed E-state index contributed by atoms with van der Waals surface area (Å²) in [5.74, 6) is -4.52. The predicted octanol–water partition coefficient (Wildman–Crippen LogP) is 5.41. The zero-order valence-electron chi connectivity index (χ0n) is 40.1. The molecule has 402 valence electrons. The van der Waals surface area contributed by atoms with Crippen LogP contribution in [-0.4, -0.2) is 137 Å². The average molecular weight is 1110 g/mol. The molecule has 6 aromatic rings. The standard InChI is InChI=1S/C50H43Cl2F5N10O10/c1-23-58-46(67(62-23)37-15-28(51)4-9-32(37)50(55,56)57)45-44(42(43(71)38(20-68)77-45)66-19-35(61-63-66)26-13-33(53)41(52)34(54)14-26)76-22-40(70)64-16-24(17-64)21-75-30-6-2-25(3-7-30)47(72)59-29-5-8-31-27(12-29)18-65(49(31)74)36-10-11-39(69)60-48(36)73/h2-9,12-15,19,24,36,38,42-45,68,71H,10-11,16-18,20-22H2,1H3,(H,59,72)(H,60,69,73)/t36?,38-,42+,43+,44-,45-/m1/s1. The Bertz CT molecular complexity index is 3300. The van der Waals surface area contributed by atoms with Gasteiger partial charge in [-0.15, -0.1) is 5.10 Å². The average Bonchev–Trinajstić information content (AvgIpc) is 4.14. The Morgan fingerprint density at radius 2 is 1.73 bits per heavy atom. The van der Waals surface area contributed by atoms with Gasteiger partial charge in [-0.25, -0.2) is 23.1 Å². The van der Waals surface area contributed by atoms with Crippen LogP contribution in [0.25, 0.3) is 16.9 Å². The number of carbonyl (C=O) groups excluding carboxylic acids is 5. The number of rotatable bonds is 14. The van der Waals surface area contributed by atoms with Gasteiger partial charge < -0.3 is 39.5 Å². The molecule has 0 radical (unpaired) electrons. The number of imide groups is 1. The van der Waals surface area contributed by atoms with Gasteiger partial charge in [0.25, 0.3) is 11.8 Å². The molecule has 27 heteroatoms. The molecule has 4 aromatic carbocycles. The van der Waals surface area contributed by atoms with E-state index in [0.29, 0.717) is 28.1 Å². The molecule has 3 saturated heterocycles. The maximum Gasteiger partial charge on any atom is 0.418 e. The Hall–Kier alpha value is -7.42. The van der Waals surface area contributed by atoms with Crippen LogP contribution in [0.4, 0.5) is 27.6 Å². The van der Waals surface area contributed by atoms with Crippen molar-refractivity contribution >= 4 is 58.4 Å². The van der Waals surface area contributed by atoms with E-state index in [1.807, 2.05) is 0 Å². The van der Waals surface area contributed by atoms with Crippen LogP contribution in [0.3, 0.4) is 0 Å². The van der Waals surface area contributed by atoms with Crippen LogP contribution in [0.2, 0.25) is 10.0 Å². The molecule has 2 aromatic heterocycles. The molecule has 0 bridgehead atoms. The zero-order valence-corrected chi connectivity index (χ0v) is 41.6. The number of likely N-dealkylation sites (tertiary alicyclic amines) is 1. The summed E-state index contributed by atoms with van der Waals surface area (Å²) in [4.78, 5) is 71.4. The molecule has 0 saturated carbocycles. The minimum atomic E-state index is -4.91. The van der Waals surface area contributed by atoms with Crippen molar-refractivity contribution in [3.8, 4) is 22.7 Å². The topological polar surface area (TPSA) is 245 Å². The number of ether oxygens (including phenoxy) is 3. The number of fused-ring (bicyclic) bond motifs is 1. The van der Waals surface area contributed by atoms with E-state index < -0.39 is 102 Å². The summed E-state index contributed by atoms with van der Waals surface area (Å²) in [6, 6.07) is 13.5. The number of anilines is 1. The first-order chi connectivity index (χ1) is 36.7. The number of aromatic nitrogens is 6. The second-order valence-electron chi connectivity index (χ2n) is 18.7. The van der Waals surface area contributed by atoms with Gasteiger partial charge in [-0.05, 0) is 91.7 Å². The van der Waals surface area contributed by atoms with Gasteiger partial charge >= 0.3 is 6.18 Å². The fourth-order valence-corrected chi connectivity index (χ4v) is 9.95. The molecule has 77 heavy (non-hydrogen) atoms. The number of hydrogen-bond acceptors (Lipinski definition) is 14. The predicted molar refractivity (Wildman–Crippen MR) is 258 cm³/mol. The SMILES string of the molecule is Cc1nc([C@@H]2O[C@H](CO)[C@H](O)[C@H](n3cc(-c4cc(F)c(Cl)c(F)c4)nn3)[C@H]2OCC(=O)N2CC(COc3ccc(C(=O)Nc4ccc5c(c4)CN(C4CCC(=O)NC4=O)C5=O)cc3)C2)n(-c2cc(Cl)ccc2C(F)(F)F)n1. The lowest BCUT2D eigenvalue weighted by molar-refractivity contribution is -0.225. The number of nitrogens with one attached hydrogen (secondary N) is 2. The normalized spacial score (nSPS) is 21.7. The van der Waals surface area contributed by atoms with Crippen LogP contribution in [0.1, 0.15) is 68.5 Å². The summed E-state index contributed by atoms with van der Waals surface area (Å²) in [5, 5.41) is 38.8. The summed E-state index contributed by atoms with van der Waals surface area (Å²) >= 11 is 11.9. The van der Waals surface area contributed by atoms with Crippen molar-refractivity contribution in [1.82, 2.24) is 44.9 Å². The number of hydrogen-bond donors (Lipinski definition) is 4. The molecule has 4 N–H and O–H groups in total. The molecule has 3 fully saturated rings. The van der Waals surface area contributed by atoms with Crippen LogP contribution in [-0.2, 0) is 36.6 Å². The van der Waals surface area contributed by atoms with Crippen LogP contribution >= 0.6 is 23.2 Å². The van der Waals surface area contributed by atoms with E-state index in [4.69, 9.17) is 37.4 Å². The number of aliphatic hydroxyl groups is 2. The third-order valence-electron chi connectivity index (χ3n) is 13.5. The van der Waals surface area contributed by atoms with Gasteiger partial charge in [-0.2, -0.15) is 18.3 Å². The first-order valence-corrected chi connectivity index (χ1v) is 24.5. The highest BCUT2D eigenvalue weighted by Gasteiger charge is 2.51. The molecule has 0 spiro atoms. The maximum absolute atomic E-state index is 14.6. The lowest BCUT2D eigenvalue weighted by atomic mass is 9.91. The second kappa shape index (κ2) is 21.2. The molecule has 6 atom stereocenters. The highest BCUT2D eigenvalue weighted by Crippen LogP contribution is 2.43. The van der Waals surface area contributed by atoms with Crippen LogP contribution in [0.15, 0.2) is 79.0 Å². The van der Waals surface area contributed by atoms with Crippen molar-refractivity contribution < 1.29 is 70.3 Å². The number of amides is 5. The molecular formula is C50H43Cl2F5N10O10. The van der Waals surface area contributed by atoms with Crippen molar-refractivity contribution in [1.29, 1.82) is 0 Å². The Labute approximate surface area is 442 Å². The Morgan fingerprint density at radius 3 is 2.43 bits per heavy atom. The first-order valence-electron chi connectivity index (χ1n) is 23.8. The van der Waals surface area contributed by atoms with Gasteiger partial charge in [0, 0.05) is 59.4 Å². The molecule has 4 aliphatic rings. The van der Waals surface area contributed by atoms with E-state index in [1.165, 1.54) is 22.9 Å². The fraction of sp³-hybridized carbons (Fsp3) is 0.340. The highest BCUT2D eigenvalue weighted by atomic mass is 35.5. The molecule has 10 rings (SSSR count). The van der Waals surface area contributed by atoms with E-state index in [2.05, 4.69) is 31.0 Å². The molecule has 20 nitrogen and oxygen atoms in total. The van der Waals surface area contributed by atoms with Crippen LogP contribution < -0.4 is 15.4 Å². The summed E-state index contributed by atoms with van der Waals surface area (Å²) in [7, 11) is 0. The van der Waals surface area contributed by atoms with Gasteiger partial charge in [-0.3, -0.25) is 29.3 Å². The van der Waals surface area contributed by atoms with Gasteiger partial charge in [0.2, 0.25) is 17.7 Å². The molecule has 1 unspecified atom stereocenters. The number of piperidine rings is 1. The van der Waals surface area contributed by atoms with E-state index in [1.54, 1.807) is 42.5 Å². The van der Waals surface area contributed by atoms with Crippen molar-refractivity contribution in [2.24, 2.45) is 5.92 Å². The van der Waals surface area contributed by atoms with Crippen molar-refractivity contribution in [2.75, 3.05) is 38.2 Å². The summed E-state index contributed by atoms with van der Waals surface area (Å²) in [6.07, 6.45) is -9.74. The number of nitrogens with zero attached hydrogens (tertiary/aromatic N) is 8. The molecule has 0 aliphatic carbocycles. The van der Waals surface area contributed by atoms with Gasteiger partial charge in [0.15, 0.2) is 5.82 Å². The highest BCUT2D eigenvalue weighted by molar-refractivity contribution is 6.31. The Kier molecular flexibility index (Phi) is 14.6. The largest absolute Gasteiger partial charge is 0.493 e. The smallest absolute Gasteiger partial charge is 0.418 e. The van der Waals surface area contributed by atoms with Gasteiger partial charge in [0.05, 0.1) is 30.7 Å². The number of carbonyl (C=O) groups is 5. The molecular weight excluding hydrogens is 1070 g/mol. The lowest BCUT2D eigenvalue weighted by Crippen LogP contribution is -2.56. The number of halogens is 7. The third kappa shape index (κ3) is 10.7. The van der Waals surface area contributed by atoms with E-state index in [0.717, 1.165) is 39.7 Å². The minimum Gasteiger partial charge on any atom is -0.493 e. The second-order valence-corrected chi connectivity index (χ2v) is 19.5. The Balaban J connectivity index is 0.807. The van der Waals surface area contributed by atoms with E-state index >= 15 is 0 Å². The molecule has 4 aliphatic heterocycles. The molecule has 5 amide bonds. The summed E-state index contributed by atoms with van der Waals surface area (Å²) in [6.45, 7) is 0.601. The third-order valence-corrected chi connectivity index (χ3v) is 14.1. The monoisotopic (exact) mass is 1110 g/mol. The number of alkyl halides is 3. The number of aliphatic hydroxyl groups excluding tert-OH is 2. The molecule has 6 heterocycles. The number of benzene rings is 4. The summed E-state index contributed by atoms with van der Waals surface area (Å²) < 4.78 is 92.9. The van der Waals surface area contributed by atoms with Crippen LogP contribution in [0, 0.1) is 24.5 Å². The maximum atomic E-state index is 14.6. The fourth-order valence-electron chi connectivity index (χ4n) is 9.67. The quantitative estimate of drug-likeness (QED) is 0.0606. The van der Waals surface area contributed by atoms with E-state index in [9.17, 15) is 56.1 Å². The van der Waals surface area contributed by atoms with E-state index in [-0.39, 0.29) is 84.7 Å². The van der Waals surface area contributed by atoms with Gasteiger partial charge in [-0.1, -0.05) is 28.4 Å². The Morgan fingerprint density at radius 1 is 0.987 bits per heavy atom. The lowest BCUT2D eigenvalue weighted by Gasteiger charge is -2.44. The van der Waals surface area contributed by atoms with Crippen molar-refractivity contribution in [3.05, 3.63) is 135 Å². The van der Waals surface area contributed by atoms with Crippen molar-refractivity contribution in [2.45, 2.75) is 69.0 Å². The van der Waals surface area contributed by atoms with Gasteiger partial charge in [0.1, 0.15) is 77.0 Å². The zero-order chi connectivity index (χ0) is 54.6. The van der Waals surface area contributed by atoms with Crippen LogP contribution in [0.5, 0.6) is 5.75 Å². The van der Waals surface area contributed by atoms with Crippen molar-refractivity contribution in [3.63, 3.8) is 0 Å².